The summed E-state index contributed by atoms with van der Waals surface area (Å²) in [4.78, 5) is 24.6. The van der Waals surface area contributed by atoms with Crippen LogP contribution in [-0.4, -0.2) is 15.4 Å². The molecule has 3 aromatic rings. The van der Waals surface area contributed by atoms with Gasteiger partial charge in [0, 0.05) is 0 Å². The van der Waals surface area contributed by atoms with E-state index < -0.39 is 11.5 Å². The van der Waals surface area contributed by atoms with E-state index in [1.807, 2.05) is 0 Å². The number of aryl methyl sites for hydroxylation is 1. The Bertz CT molecular complexity index is 1010. The normalized spacial score (nSPS) is 11.0. The number of nitrogens with two attached hydrogens (primary N) is 2. The van der Waals surface area contributed by atoms with Crippen molar-refractivity contribution >= 4 is 17.3 Å². The second-order valence-corrected chi connectivity index (χ2v) is 5.31. The molecule has 0 fully saturated rings. The predicted octanol–water partition coefficient (Wildman–Crippen LogP) is 1.56. The molecule has 0 atom stereocenters. The van der Waals surface area contributed by atoms with Gasteiger partial charge in [0.25, 0.3) is 11.5 Å². The molecule has 7 heteroatoms. The molecule has 3 rings (SSSR count). The molecule has 0 aliphatic carbocycles. The maximum absolute atomic E-state index is 12.8. The number of carbonyl (C=O) groups excluding carboxylic acids is 1. The van der Waals surface area contributed by atoms with Gasteiger partial charge in [-0.2, -0.15) is 0 Å². The summed E-state index contributed by atoms with van der Waals surface area (Å²) in [5.74, 6) is -0.769. The van der Waals surface area contributed by atoms with Crippen molar-refractivity contribution in [2.45, 2.75) is 13.8 Å². The lowest BCUT2D eigenvalue weighted by Gasteiger charge is -2.15. The lowest BCUT2D eigenvalue weighted by Crippen LogP contribution is -2.23. The predicted molar refractivity (Wildman–Crippen MR) is 85.4 cm³/mol. The number of oxazole rings is 1. The van der Waals surface area contributed by atoms with Crippen LogP contribution in [0.5, 0.6) is 5.75 Å². The first-order valence-corrected chi connectivity index (χ1v) is 6.85. The summed E-state index contributed by atoms with van der Waals surface area (Å²) in [5, 5.41) is 9.96. The minimum atomic E-state index is -0.799. The van der Waals surface area contributed by atoms with Crippen LogP contribution in [0.15, 0.2) is 33.8 Å². The molecule has 0 radical (unpaired) electrons. The summed E-state index contributed by atoms with van der Waals surface area (Å²) in [7, 11) is 0. The average molecular weight is 313 g/mol. The number of hydrogen-bond donors (Lipinski definition) is 3. The van der Waals surface area contributed by atoms with Gasteiger partial charge < -0.3 is 21.0 Å². The molecule has 23 heavy (non-hydrogen) atoms. The summed E-state index contributed by atoms with van der Waals surface area (Å²) in [6.45, 7) is 3.46. The number of nitrogens with zero attached hydrogens (tertiary/aromatic N) is 1. The van der Waals surface area contributed by atoms with Gasteiger partial charge in [0.05, 0.1) is 17.4 Å². The Balaban J connectivity index is 2.56. The minimum Gasteiger partial charge on any atom is -0.508 e. The molecule has 0 saturated heterocycles. The zero-order valence-electron chi connectivity index (χ0n) is 12.6. The SMILES string of the molecule is Cc1ccc(O)c(C)c1-c1c(N)c(C(N)=O)c2occn2c1=O. The molecule has 0 aliphatic heterocycles. The Morgan fingerprint density at radius 1 is 1.26 bits per heavy atom. The van der Waals surface area contributed by atoms with Crippen LogP contribution in [0.2, 0.25) is 0 Å². The fourth-order valence-electron chi connectivity index (χ4n) is 2.80. The molecule has 5 N–H and O–H groups in total. The van der Waals surface area contributed by atoms with E-state index in [2.05, 4.69) is 0 Å². The maximum Gasteiger partial charge on any atom is 0.267 e. The van der Waals surface area contributed by atoms with Crippen LogP contribution in [0.4, 0.5) is 5.69 Å². The van der Waals surface area contributed by atoms with Crippen molar-refractivity contribution in [3.05, 3.63) is 51.6 Å². The van der Waals surface area contributed by atoms with Crippen molar-refractivity contribution < 1.29 is 14.3 Å². The van der Waals surface area contributed by atoms with Gasteiger partial charge in [-0.25, -0.2) is 4.40 Å². The third-order valence-electron chi connectivity index (χ3n) is 3.93. The van der Waals surface area contributed by atoms with Crippen LogP contribution < -0.4 is 17.0 Å². The summed E-state index contributed by atoms with van der Waals surface area (Å²) in [5.41, 5.74) is 12.7. The zero-order valence-corrected chi connectivity index (χ0v) is 12.6. The highest BCUT2D eigenvalue weighted by atomic mass is 16.3. The van der Waals surface area contributed by atoms with Crippen molar-refractivity contribution in [3.63, 3.8) is 0 Å². The summed E-state index contributed by atoms with van der Waals surface area (Å²) in [6, 6.07) is 3.21. The number of aromatic nitrogens is 1. The van der Waals surface area contributed by atoms with Gasteiger partial charge in [-0.05, 0) is 36.6 Å². The third kappa shape index (κ3) is 1.97. The monoisotopic (exact) mass is 313 g/mol. The van der Waals surface area contributed by atoms with E-state index in [0.29, 0.717) is 11.1 Å². The number of fused-ring (bicyclic) bond motifs is 1. The van der Waals surface area contributed by atoms with Gasteiger partial charge in [0.15, 0.2) is 0 Å². The van der Waals surface area contributed by atoms with Crippen LogP contribution in [0.3, 0.4) is 0 Å². The Kier molecular flexibility index (Phi) is 3.14. The number of primary amides is 1. The number of aromatic hydroxyl groups is 1. The zero-order chi connectivity index (χ0) is 16.9. The van der Waals surface area contributed by atoms with Gasteiger partial charge in [-0.1, -0.05) is 6.07 Å². The van der Waals surface area contributed by atoms with E-state index in [-0.39, 0.29) is 28.3 Å². The lowest BCUT2D eigenvalue weighted by atomic mass is 9.93. The Labute approximate surface area is 130 Å². The molecule has 0 spiro atoms. The molecular weight excluding hydrogens is 298 g/mol. The van der Waals surface area contributed by atoms with Gasteiger partial charge in [-0.3, -0.25) is 9.59 Å². The fourth-order valence-corrected chi connectivity index (χ4v) is 2.80. The Hall–Kier alpha value is -3.22. The molecular formula is C16H15N3O4. The molecule has 7 nitrogen and oxygen atoms in total. The average Bonchev–Trinajstić information content (AvgIpc) is 2.95. The molecule has 118 valence electrons. The largest absolute Gasteiger partial charge is 0.508 e. The quantitative estimate of drug-likeness (QED) is 0.662. The second-order valence-electron chi connectivity index (χ2n) is 5.31. The van der Waals surface area contributed by atoms with E-state index in [9.17, 15) is 14.7 Å². The second kappa shape index (κ2) is 4.91. The molecule has 2 aromatic heterocycles. The van der Waals surface area contributed by atoms with E-state index in [1.165, 1.54) is 22.9 Å². The number of pyridine rings is 1. The highest BCUT2D eigenvalue weighted by Crippen LogP contribution is 2.35. The van der Waals surface area contributed by atoms with Gasteiger partial charge in [0.1, 0.15) is 17.6 Å². The summed E-state index contributed by atoms with van der Waals surface area (Å²) < 4.78 is 6.36. The topological polar surface area (TPSA) is 124 Å². The standard InChI is InChI=1S/C16H15N3O4/c1-7-3-4-9(20)8(2)10(7)11-13(17)12(14(18)21)16-19(15(11)22)5-6-23-16/h3-6,20H,17H2,1-2H3,(H2,18,21). The number of amides is 1. The van der Waals surface area contributed by atoms with E-state index in [4.69, 9.17) is 15.9 Å². The number of nitrogen functional groups attached to an aromatic ring is 1. The molecule has 1 amide bonds. The summed E-state index contributed by atoms with van der Waals surface area (Å²) in [6.07, 6.45) is 2.66. The van der Waals surface area contributed by atoms with Crippen molar-refractivity contribution in [1.29, 1.82) is 0 Å². The smallest absolute Gasteiger partial charge is 0.267 e. The van der Waals surface area contributed by atoms with Gasteiger partial charge >= 0.3 is 0 Å². The van der Waals surface area contributed by atoms with Crippen LogP contribution in [0.1, 0.15) is 21.5 Å². The molecule has 0 unspecified atom stereocenters. The number of carbonyl (C=O) groups is 1. The van der Waals surface area contributed by atoms with Crippen molar-refractivity contribution in [2.75, 3.05) is 5.73 Å². The first-order valence-electron chi connectivity index (χ1n) is 6.85. The van der Waals surface area contributed by atoms with E-state index >= 15 is 0 Å². The number of phenolic OH excluding ortho intramolecular Hbond substituents is 1. The van der Waals surface area contributed by atoms with Gasteiger partial charge in [0.2, 0.25) is 5.71 Å². The van der Waals surface area contributed by atoms with Crippen LogP contribution in [0.25, 0.3) is 16.8 Å². The number of rotatable bonds is 2. The first kappa shape index (κ1) is 14.7. The van der Waals surface area contributed by atoms with Crippen LogP contribution in [0, 0.1) is 13.8 Å². The van der Waals surface area contributed by atoms with Crippen molar-refractivity contribution in [1.82, 2.24) is 4.40 Å². The number of hydrogen-bond acceptors (Lipinski definition) is 5. The highest BCUT2D eigenvalue weighted by Gasteiger charge is 2.25. The Morgan fingerprint density at radius 2 is 1.96 bits per heavy atom. The number of phenols is 1. The lowest BCUT2D eigenvalue weighted by molar-refractivity contribution is 0.100. The molecule has 0 aliphatic rings. The van der Waals surface area contributed by atoms with Crippen molar-refractivity contribution in [2.24, 2.45) is 5.73 Å². The molecule has 0 saturated carbocycles. The number of anilines is 1. The highest BCUT2D eigenvalue weighted by molar-refractivity contribution is 6.06. The first-order chi connectivity index (χ1) is 10.8. The fraction of sp³-hybridized carbons (Fsp3) is 0.125. The van der Waals surface area contributed by atoms with E-state index in [1.54, 1.807) is 19.9 Å². The van der Waals surface area contributed by atoms with Crippen LogP contribution >= 0.6 is 0 Å². The summed E-state index contributed by atoms with van der Waals surface area (Å²) >= 11 is 0. The number of benzene rings is 1. The third-order valence-corrected chi connectivity index (χ3v) is 3.93. The molecule has 0 bridgehead atoms. The minimum absolute atomic E-state index is 0.000732. The maximum atomic E-state index is 12.8. The van der Waals surface area contributed by atoms with E-state index in [0.717, 1.165) is 5.56 Å². The van der Waals surface area contributed by atoms with Crippen LogP contribution in [-0.2, 0) is 0 Å². The Morgan fingerprint density at radius 3 is 2.61 bits per heavy atom. The van der Waals surface area contributed by atoms with Gasteiger partial charge in [-0.15, -0.1) is 0 Å². The molecule has 2 heterocycles. The van der Waals surface area contributed by atoms with Crippen molar-refractivity contribution in [3.8, 4) is 16.9 Å². The molecule has 1 aromatic carbocycles.